The van der Waals surface area contributed by atoms with Crippen molar-refractivity contribution in [3.63, 3.8) is 0 Å². The predicted molar refractivity (Wildman–Crippen MR) is 46.4 cm³/mol. The van der Waals surface area contributed by atoms with E-state index >= 15 is 0 Å². The summed E-state index contributed by atoms with van der Waals surface area (Å²) in [7, 11) is 0. The number of aliphatic hydroxyl groups excluding tert-OH is 1. The highest BCUT2D eigenvalue weighted by Crippen LogP contribution is 2.08. The molecular formula is C9H11NO2. The molecule has 1 aromatic carbocycles. The van der Waals surface area contributed by atoms with Crippen molar-refractivity contribution in [1.82, 2.24) is 5.32 Å². The smallest absolute Gasteiger partial charge is 0.278 e. The van der Waals surface area contributed by atoms with Crippen LogP contribution >= 0.6 is 0 Å². The Morgan fingerprint density at radius 3 is 2.67 bits per heavy atom. The zero-order chi connectivity index (χ0) is 8.81. The Bertz CT molecular complexity index is 236. The van der Waals surface area contributed by atoms with Gasteiger partial charge in [-0.1, -0.05) is 24.8 Å². The van der Waals surface area contributed by atoms with E-state index in [0.717, 1.165) is 0 Å². The molecule has 0 saturated heterocycles. The summed E-state index contributed by atoms with van der Waals surface area (Å²) < 4.78 is 5.03. The van der Waals surface area contributed by atoms with Gasteiger partial charge in [-0.25, -0.2) is 0 Å². The molecule has 2 N–H and O–H groups in total. The van der Waals surface area contributed by atoms with Gasteiger partial charge in [-0.15, -0.1) is 0 Å². The van der Waals surface area contributed by atoms with E-state index in [0.29, 0.717) is 5.75 Å². The van der Waals surface area contributed by atoms with E-state index < -0.39 is 6.41 Å². The van der Waals surface area contributed by atoms with E-state index in [-0.39, 0.29) is 0 Å². The Kier molecular flexibility index (Phi) is 3.17. The maximum Gasteiger partial charge on any atom is 0.278 e. The third kappa shape index (κ3) is 2.64. The fourth-order valence-corrected chi connectivity index (χ4v) is 0.763. The van der Waals surface area contributed by atoms with E-state index in [1.807, 2.05) is 18.2 Å². The SMILES string of the molecule is C=CNC(O)Oc1ccccc1. The molecule has 64 valence electrons. The van der Waals surface area contributed by atoms with E-state index in [2.05, 4.69) is 11.9 Å². The minimum absolute atomic E-state index is 0.611. The van der Waals surface area contributed by atoms with Crippen LogP contribution in [0, 0.1) is 0 Å². The molecule has 0 aliphatic rings. The summed E-state index contributed by atoms with van der Waals surface area (Å²) in [4.78, 5) is 0. The zero-order valence-corrected chi connectivity index (χ0v) is 6.60. The number of hydrogen-bond donors (Lipinski definition) is 2. The molecule has 12 heavy (non-hydrogen) atoms. The molecule has 1 rings (SSSR count). The first-order chi connectivity index (χ1) is 5.83. The molecule has 1 aromatic rings. The van der Waals surface area contributed by atoms with Crippen LogP contribution in [0.15, 0.2) is 43.1 Å². The van der Waals surface area contributed by atoms with Crippen molar-refractivity contribution in [2.45, 2.75) is 6.41 Å². The lowest BCUT2D eigenvalue weighted by atomic mass is 10.3. The Balaban J connectivity index is 2.46. The number of aliphatic hydroxyl groups is 1. The van der Waals surface area contributed by atoms with Crippen molar-refractivity contribution in [1.29, 1.82) is 0 Å². The average molecular weight is 165 g/mol. The molecule has 0 saturated carbocycles. The van der Waals surface area contributed by atoms with Crippen molar-refractivity contribution in [3.8, 4) is 5.75 Å². The molecule has 0 heterocycles. The van der Waals surface area contributed by atoms with Crippen LogP contribution in [0.2, 0.25) is 0 Å². The lowest BCUT2D eigenvalue weighted by molar-refractivity contribution is -0.0332. The summed E-state index contributed by atoms with van der Waals surface area (Å²) in [6.45, 7) is 3.39. The van der Waals surface area contributed by atoms with Crippen molar-refractivity contribution in [2.24, 2.45) is 0 Å². The number of para-hydroxylation sites is 1. The third-order valence-corrected chi connectivity index (χ3v) is 1.25. The third-order valence-electron chi connectivity index (χ3n) is 1.25. The average Bonchev–Trinajstić information content (AvgIpc) is 2.06. The van der Waals surface area contributed by atoms with Crippen LogP contribution in [-0.4, -0.2) is 11.5 Å². The normalized spacial score (nSPS) is 11.8. The Labute approximate surface area is 71.3 Å². The van der Waals surface area contributed by atoms with E-state index in [1.54, 1.807) is 12.1 Å². The number of hydrogen-bond acceptors (Lipinski definition) is 3. The predicted octanol–water partition coefficient (Wildman–Crippen LogP) is 1.07. The quantitative estimate of drug-likeness (QED) is 0.656. The lowest BCUT2D eigenvalue weighted by Crippen LogP contribution is -2.29. The fourth-order valence-electron chi connectivity index (χ4n) is 0.763. The molecule has 3 nitrogen and oxygen atoms in total. The molecule has 0 radical (unpaired) electrons. The summed E-state index contributed by atoms with van der Waals surface area (Å²) in [5, 5.41) is 11.6. The topological polar surface area (TPSA) is 41.5 Å². The second-order valence-corrected chi connectivity index (χ2v) is 2.15. The molecule has 3 heteroatoms. The van der Waals surface area contributed by atoms with Gasteiger partial charge < -0.3 is 15.2 Å². The van der Waals surface area contributed by atoms with Gasteiger partial charge in [0, 0.05) is 0 Å². The van der Waals surface area contributed by atoms with Gasteiger partial charge in [-0.2, -0.15) is 0 Å². The Morgan fingerprint density at radius 2 is 2.08 bits per heavy atom. The van der Waals surface area contributed by atoms with Gasteiger partial charge >= 0.3 is 0 Å². The highest BCUT2D eigenvalue weighted by atomic mass is 16.6. The van der Waals surface area contributed by atoms with Crippen LogP contribution in [0.3, 0.4) is 0 Å². The first-order valence-electron chi connectivity index (χ1n) is 3.59. The van der Waals surface area contributed by atoms with Crippen molar-refractivity contribution in [3.05, 3.63) is 43.1 Å². The molecule has 0 spiro atoms. The van der Waals surface area contributed by atoms with Crippen LogP contribution in [0.1, 0.15) is 0 Å². The number of nitrogens with one attached hydrogen (secondary N) is 1. The lowest BCUT2D eigenvalue weighted by Gasteiger charge is -2.12. The maximum absolute atomic E-state index is 9.10. The molecule has 0 aromatic heterocycles. The van der Waals surface area contributed by atoms with Gasteiger partial charge in [0.2, 0.25) is 0 Å². The molecule has 0 bridgehead atoms. The number of rotatable bonds is 4. The minimum Gasteiger partial charge on any atom is -0.447 e. The van der Waals surface area contributed by atoms with Crippen LogP contribution in [0.25, 0.3) is 0 Å². The fraction of sp³-hybridized carbons (Fsp3) is 0.111. The summed E-state index contributed by atoms with van der Waals surface area (Å²) >= 11 is 0. The Morgan fingerprint density at radius 1 is 1.42 bits per heavy atom. The largest absolute Gasteiger partial charge is 0.447 e. The van der Waals surface area contributed by atoms with Crippen LogP contribution in [-0.2, 0) is 0 Å². The summed E-state index contributed by atoms with van der Waals surface area (Å²) in [5.41, 5.74) is 0. The molecular weight excluding hydrogens is 154 g/mol. The first kappa shape index (κ1) is 8.62. The first-order valence-corrected chi connectivity index (χ1v) is 3.59. The van der Waals surface area contributed by atoms with Gasteiger partial charge in [0.25, 0.3) is 6.41 Å². The second-order valence-electron chi connectivity index (χ2n) is 2.15. The second kappa shape index (κ2) is 4.41. The highest BCUT2D eigenvalue weighted by Gasteiger charge is 1.99. The zero-order valence-electron chi connectivity index (χ0n) is 6.60. The van der Waals surface area contributed by atoms with Crippen LogP contribution < -0.4 is 10.1 Å². The molecule has 0 fully saturated rings. The van der Waals surface area contributed by atoms with Gasteiger partial charge in [0.1, 0.15) is 5.75 Å². The molecule has 0 aliphatic heterocycles. The summed E-state index contributed by atoms with van der Waals surface area (Å²) in [6, 6.07) is 9.05. The van der Waals surface area contributed by atoms with Gasteiger partial charge in [0.15, 0.2) is 0 Å². The number of ether oxygens (including phenoxy) is 1. The monoisotopic (exact) mass is 165 g/mol. The van der Waals surface area contributed by atoms with E-state index in [9.17, 15) is 0 Å². The van der Waals surface area contributed by atoms with Gasteiger partial charge in [-0.3, -0.25) is 0 Å². The standard InChI is InChI=1S/C9H11NO2/c1-2-10-9(11)12-8-6-4-3-5-7-8/h2-7,9-11H,1H2. The molecule has 1 atom stereocenters. The molecule has 0 aliphatic carbocycles. The summed E-state index contributed by atoms with van der Waals surface area (Å²) in [6.07, 6.45) is 0.332. The van der Waals surface area contributed by atoms with Gasteiger partial charge in [-0.05, 0) is 18.3 Å². The van der Waals surface area contributed by atoms with Crippen LogP contribution in [0.5, 0.6) is 5.75 Å². The highest BCUT2D eigenvalue weighted by molar-refractivity contribution is 5.20. The van der Waals surface area contributed by atoms with E-state index in [1.165, 1.54) is 6.20 Å². The van der Waals surface area contributed by atoms with Crippen LogP contribution in [0.4, 0.5) is 0 Å². The van der Waals surface area contributed by atoms with Crippen molar-refractivity contribution >= 4 is 0 Å². The summed E-state index contributed by atoms with van der Waals surface area (Å²) in [5.74, 6) is 0.611. The Hall–Kier alpha value is -1.48. The number of benzene rings is 1. The maximum atomic E-state index is 9.10. The van der Waals surface area contributed by atoms with Crippen molar-refractivity contribution in [2.75, 3.05) is 0 Å². The van der Waals surface area contributed by atoms with Gasteiger partial charge in [0.05, 0.1) is 0 Å². The molecule has 1 unspecified atom stereocenters. The van der Waals surface area contributed by atoms with E-state index in [4.69, 9.17) is 9.84 Å². The molecule has 0 amide bonds. The minimum atomic E-state index is -1.04. The van der Waals surface area contributed by atoms with Crippen molar-refractivity contribution < 1.29 is 9.84 Å².